The molecule has 0 aromatic heterocycles. The minimum atomic E-state index is -0.0813. The molecule has 0 fully saturated rings. The zero-order valence-electron chi connectivity index (χ0n) is 3.77. The number of halogens is 6. The predicted molar refractivity (Wildman–Crippen MR) is 74.6 cm³/mol. The van der Waals surface area contributed by atoms with Gasteiger partial charge < -0.3 is 0 Å². The van der Waals surface area contributed by atoms with E-state index in [1.54, 1.807) is 0 Å². The fraction of sp³-hybridized carbons (Fsp3) is 0. The van der Waals surface area contributed by atoms with E-state index in [-0.39, 0.29) is 62.2 Å². The molecule has 1 heterocycles. The third-order valence-electron chi connectivity index (χ3n) is 0.429. The van der Waals surface area contributed by atoms with Crippen molar-refractivity contribution in [3.8, 4) is 0 Å². The lowest BCUT2D eigenvalue weighted by molar-refractivity contribution is 4.13. The van der Waals surface area contributed by atoms with Crippen molar-refractivity contribution >= 4 is 99.9 Å². The van der Waals surface area contributed by atoms with Crippen LogP contribution in [0.1, 0.15) is 0 Å². The monoisotopic (exact) mass is 522 g/mol. The van der Waals surface area contributed by atoms with E-state index in [2.05, 4.69) is 0 Å². The van der Waals surface area contributed by atoms with Crippen LogP contribution in [-0.2, 0) is 0 Å². The van der Waals surface area contributed by atoms with Crippen LogP contribution in [0, 0.1) is 0 Å². The van der Waals surface area contributed by atoms with Crippen molar-refractivity contribution in [2.24, 2.45) is 0 Å². The van der Waals surface area contributed by atoms with Crippen molar-refractivity contribution in [3.05, 3.63) is 0 Å². The quantitative estimate of drug-likeness (QED) is 0.423. The highest BCUT2D eigenvalue weighted by Crippen LogP contribution is 2.34. The average molecular weight is 523 g/mol. The van der Waals surface area contributed by atoms with Crippen molar-refractivity contribution in [2.75, 3.05) is 0 Å². The zero-order chi connectivity index (χ0) is 6.85. The molecule has 6 heteroatoms. The number of rotatable bonds is 0. The van der Waals surface area contributed by atoms with Crippen LogP contribution in [0.2, 0.25) is 0 Å². The highest BCUT2D eigenvalue weighted by molar-refractivity contribution is 14.3. The molecule has 9 heavy (non-hydrogen) atoms. The topological polar surface area (TPSA) is 0 Å². The van der Waals surface area contributed by atoms with Gasteiger partial charge in [0.05, 0.1) is 0 Å². The normalized spacial score (nSPS) is 21.0. The summed E-state index contributed by atoms with van der Waals surface area (Å²) in [5, 5.41) is 0. The van der Waals surface area contributed by atoms with E-state index in [1.165, 1.54) is 0 Å². The van der Waals surface area contributed by atoms with Gasteiger partial charge in [-0.3, -0.25) is 0 Å². The van der Waals surface area contributed by atoms with E-state index >= 15 is 0 Å². The van der Waals surface area contributed by atoms with E-state index in [0.717, 1.165) is 2.92 Å². The summed E-state index contributed by atoms with van der Waals surface area (Å²) >= 11 is 17.2. The Labute approximate surface area is 97.9 Å². The fourth-order valence-electron chi connectivity index (χ4n) is 0.216. The van der Waals surface area contributed by atoms with Crippen molar-refractivity contribution in [3.63, 3.8) is 0 Å². The molecular weight excluding hydrogens is 523 g/mol. The van der Waals surface area contributed by atoms with Gasteiger partial charge in [-0.15, -0.1) is 0 Å². The van der Waals surface area contributed by atoms with Crippen molar-refractivity contribution in [1.82, 2.24) is 0 Å². The Kier molecular flexibility index (Phi) is 5.03. The summed E-state index contributed by atoms with van der Waals surface area (Å²) in [6.45, 7) is 0. The van der Waals surface area contributed by atoms with Gasteiger partial charge in [-0.2, -0.15) is 0 Å². The van der Waals surface area contributed by atoms with Gasteiger partial charge in [-0.1, -0.05) is 34.8 Å². The summed E-state index contributed by atoms with van der Waals surface area (Å²) in [5.74, 6) is 0. The van der Waals surface area contributed by atoms with Crippen LogP contribution < -0.4 is 0 Å². The average Bonchev–Trinajstić information content (AvgIpc) is 1.59. The Morgan fingerprint density at radius 3 is 1.11 bits per heavy atom. The second-order valence-corrected chi connectivity index (χ2v) is 20.2. The smallest absolute Gasteiger partial charge is 0.0707 e. The standard InChI is InChI=1S/C3Cl3I3/c4-1-7-2(5)9-3(6)8-1. The van der Waals surface area contributed by atoms with Crippen molar-refractivity contribution in [1.29, 1.82) is 0 Å². The molecule has 0 radical (unpaired) electrons. The van der Waals surface area contributed by atoms with E-state index < -0.39 is 0 Å². The molecular formula is C3Cl3I3. The largest absolute Gasteiger partial charge is 0.109 e. The van der Waals surface area contributed by atoms with Crippen molar-refractivity contribution < 1.29 is 0 Å². The van der Waals surface area contributed by atoms with Gasteiger partial charge in [-0.05, 0) is 62.2 Å². The molecule has 1 aliphatic rings. The summed E-state index contributed by atoms with van der Waals surface area (Å²) in [6.07, 6.45) is 0. The molecule has 54 valence electrons. The van der Waals surface area contributed by atoms with Gasteiger partial charge in [0.2, 0.25) is 0 Å². The summed E-state index contributed by atoms with van der Waals surface area (Å²) in [7, 11) is 0. The number of hydrogen-bond acceptors (Lipinski definition) is 0. The minimum absolute atomic E-state index is 0.0813. The fourth-order valence-corrected chi connectivity index (χ4v) is 28.0. The van der Waals surface area contributed by atoms with E-state index in [4.69, 9.17) is 34.8 Å². The van der Waals surface area contributed by atoms with Crippen LogP contribution >= 0.6 is 97.0 Å². The van der Waals surface area contributed by atoms with E-state index in [9.17, 15) is 0 Å². The Hall–Kier alpha value is 2.67. The second-order valence-electron chi connectivity index (χ2n) is 0.926. The van der Waals surface area contributed by atoms with Crippen LogP contribution in [0.15, 0.2) is 0 Å². The lowest BCUT2D eigenvalue weighted by Crippen LogP contribution is -1.78. The minimum Gasteiger partial charge on any atom is -0.0707 e. The summed E-state index contributed by atoms with van der Waals surface area (Å²) in [4.78, 5) is 0. The first-order valence-electron chi connectivity index (χ1n) is 1.70. The van der Waals surface area contributed by atoms with Crippen LogP contribution in [0.4, 0.5) is 0 Å². The molecule has 0 aromatic carbocycles. The molecule has 1 aliphatic heterocycles. The first-order valence-corrected chi connectivity index (χ1v) is 9.31. The predicted octanol–water partition coefficient (Wildman–Crippen LogP) is 3.89. The zero-order valence-corrected chi connectivity index (χ0v) is 12.5. The molecule has 0 aromatic rings. The molecule has 0 aliphatic carbocycles. The van der Waals surface area contributed by atoms with Gasteiger partial charge >= 0.3 is 0 Å². The van der Waals surface area contributed by atoms with Gasteiger partial charge in [0, 0.05) is 0 Å². The Morgan fingerprint density at radius 2 is 0.889 bits per heavy atom. The van der Waals surface area contributed by atoms with Crippen LogP contribution in [0.5, 0.6) is 0 Å². The Balaban J connectivity index is 2.98. The van der Waals surface area contributed by atoms with Crippen LogP contribution in [0.25, 0.3) is 0 Å². The van der Waals surface area contributed by atoms with Gasteiger partial charge in [0.25, 0.3) is 0 Å². The Morgan fingerprint density at radius 1 is 0.667 bits per heavy atom. The van der Waals surface area contributed by atoms with Gasteiger partial charge in [0.1, 0.15) is 2.92 Å². The summed E-state index contributed by atoms with van der Waals surface area (Å²) < 4.78 is 3.27. The maximum absolute atomic E-state index is 5.83. The maximum Gasteiger partial charge on any atom is 0.109 e. The molecule has 0 saturated heterocycles. The van der Waals surface area contributed by atoms with E-state index in [1.807, 2.05) is 0 Å². The molecule has 0 saturated carbocycles. The Bertz CT molecular complexity index is 170. The first kappa shape index (κ1) is 9.76. The van der Waals surface area contributed by atoms with Crippen molar-refractivity contribution in [2.45, 2.75) is 0 Å². The highest BCUT2D eigenvalue weighted by atomic mass is 127. The third kappa shape index (κ3) is 3.73. The summed E-state index contributed by atoms with van der Waals surface area (Å²) in [6, 6.07) is 0. The molecule has 0 N–H and O–H groups in total. The SMILES string of the molecule is ClC1=IC(Cl)=IC(Cl)=I1. The van der Waals surface area contributed by atoms with Gasteiger partial charge in [-0.25, -0.2) is 0 Å². The molecule has 0 unspecified atom stereocenters. The molecule has 0 amide bonds. The molecule has 0 bridgehead atoms. The molecule has 0 spiro atoms. The van der Waals surface area contributed by atoms with Crippen LogP contribution in [-0.4, -0.2) is 2.92 Å². The highest BCUT2D eigenvalue weighted by Gasteiger charge is 2.02. The van der Waals surface area contributed by atoms with E-state index in [0.29, 0.717) is 0 Å². The van der Waals surface area contributed by atoms with Crippen LogP contribution in [0.3, 0.4) is 0 Å². The third-order valence-corrected chi connectivity index (χ3v) is 14.0. The lowest BCUT2D eigenvalue weighted by atomic mass is 11.9. The molecule has 0 atom stereocenters. The molecule has 0 nitrogen and oxygen atoms in total. The lowest BCUT2D eigenvalue weighted by Gasteiger charge is -1.95. The first-order chi connectivity index (χ1) is 4.18. The van der Waals surface area contributed by atoms with Gasteiger partial charge in [0.15, 0.2) is 0 Å². The number of hydrogen-bond donors (Lipinski definition) is 0. The maximum atomic E-state index is 5.83. The summed E-state index contributed by atoms with van der Waals surface area (Å²) in [5.41, 5.74) is 0. The second kappa shape index (κ2) is 4.64. The molecule has 1 rings (SSSR count).